The Kier molecular flexibility index (Phi) is 4.58. The van der Waals surface area contributed by atoms with E-state index in [-0.39, 0.29) is 0 Å². The van der Waals surface area contributed by atoms with E-state index in [1.165, 1.54) is 0 Å². The molecule has 0 saturated heterocycles. The van der Waals surface area contributed by atoms with Crippen LogP contribution in [0.15, 0.2) is 12.2 Å². The van der Waals surface area contributed by atoms with Gasteiger partial charge >= 0.3 is 0 Å². The van der Waals surface area contributed by atoms with Crippen molar-refractivity contribution < 1.29 is 10.0 Å². The molecule has 0 aromatic heterocycles. The van der Waals surface area contributed by atoms with Crippen molar-refractivity contribution >= 4 is 5.91 Å². The molecule has 0 aliphatic rings. The second-order valence-electron chi connectivity index (χ2n) is 2.11. The highest BCUT2D eigenvalue weighted by Gasteiger charge is 2.04. The second kappa shape index (κ2) is 4.99. The van der Waals surface area contributed by atoms with Gasteiger partial charge in [-0.25, -0.2) is 0 Å². The molecule has 0 unspecified atom stereocenters. The lowest BCUT2D eigenvalue weighted by Gasteiger charge is -1.97. The highest BCUT2D eigenvalue weighted by atomic mass is 16.5. The normalized spacial score (nSPS) is 9.00. The average Bonchev–Trinajstić information content (AvgIpc) is 1.98. The molecular formula is C7H12NO2. The summed E-state index contributed by atoms with van der Waals surface area (Å²) in [6, 6.07) is 0. The molecule has 0 aromatic rings. The molecule has 0 atom stereocenters. The molecule has 0 bridgehead atoms. The molecule has 1 amide bonds. The van der Waals surface area contributed by atoms with E-state index < -0.39 is 5.91 Å². The van der Waals surface area contributed by atoms with Gasteiger partial charge in [0.2, 0.25) is 0 Å². The molecule has 0 aliphatic heterocycles. The maximum Gasteiger partial charge on any atom is 0.295 e. The topological polar surface area (TPSA) is 51.4 Å². The summed E-state index contributed by atoms with van der Waals surface area (Å²) in [7, 11) is 0. The first-order chi connectivity index (χ1) is 4.72. The Hall–Kier alpha value is -0.830. The Morgan fingerprint density at radius 1 is 1.70 bits per heavy atom. The van der Waals surface area contributed by atoms with Gasteiger partial charge in [-0.3, -0.25) is 10.0 Å². The molecule has 0 saturated carbocycles. The number of hydrogen-bond acceptors (Lipinski definition) is 2. The lowest BCUT2D eigenvalue weighted by molar-refractivity contribution is -0.126. The third kappa shape index (κ3) is 3.25. The molecular weight excluding hydrogens is 130 g/mol. The number of unbranched alkanes of at least 4 members (excludes halogenated alkanes) is 1. The van der Waals surface area contributed by atoms with Crippen LogP contribution >= 0.6 is 0 Å². The summed E-state index contributed by atoms with van der Waals surface area (Å²) < 4.78 is 0. The van der Waals surface area contributed by atoms with Crippen LogP contribution in [0.5, 0.6) is 0 Å². The van der Waals surface area contributed by atoms with E-state index in [9.17, 15) is 4.79 Å². The van der Waals surface area contributed by atoms with Gasteiger partial charge < -0.3 is 0 Å². The van der Waals surface area contributed by atoms with Crippen molar-refractivity contribution in [2.75, 3.05) is 0 Å². The van der Waals surface area contributed by atoms with Gasteiger partial charge in [0.1, 0.15) is 0 Å². The van der Waals surface area contributed by atoms with Gasteiger partial charge in [-0.2, -0.15) is 0 Å². The predicted octanol–water partition coefficient (Wildman–Crippen LogP) is 1.25. The van der Waals surface area contributed by atoms with Gasteiger partial charge in [0, 0.05) is 5.57 Å². The van der Waals surface area contributed by atoms with E-state index >= 15 is 0 Å². The minimum Gasteiger partial charge on any atom is -0.265 e. The summed E-state index contributed by atoms with van der Waals surface area (Å²) in [6.45, 7) is 5.48. The van der Waals surface area contributed by atoms with Crippen LogP contribution in [0.3, 0.4) is 0 Å². The van der Waals surface area contributed by atoms with E-state index in [4.69, 9.17) is 5.21 Å². The van der Waals surface area contributed by atoms with Crippen molar-refractivity contribution in [3.8, 4) is 0 Å². The molecule has 0 aliphatic carbocycles. The van der Waals surface area contributed by atoms with Crippen molar-refractivity contribution in [3.63, 3.8) is 0 Å². The number of carbonyl (C=O) groups excluding carboxylic acids is 1. The summed E-state index contributed by atoms with van der Waals surface area (Å²) in [5.74, 6) is -0.603. The van der Waals surface area contributed by atoms with Crippen LogP contribution in [-0.4, -0.2) is 11.1 Å². The summed E-state index contributed by atoms with van der Waals surface area (Å²) >= 11 is 0. The van der Waals surface area contributed by atoms with E-state index in [2.05, 4.69) is 12.1 Å². The molecule has 10 heavy (non-hydrogen) atoms. The standard InChI is InChI=1S/C7H12NO2/c1-3-4-5-6(2)7(9)8-10/h10H,2-5H2,1H3. The number of carbonyl (C=O) groups is 1. The van der Waals surface area contributed by atoms with Crippen LogP contribution in [0.2, 0.25) is 0 Å². The number of hydroxylamine groups is 1. The molecule has 57 valence electrons. The van der Waals surface area contributed by atoms with Crippen LogP contribution in [0.1, 0.15) is 26.2 Å². The zero-order valence-corrected chi connectivity index (χ0v) is 6.13. The first-order valence-corrected chi connectivity index (χ1v) is 3.29. The maximum absolute atomic E-state index is 10.5. The smallest absolute Gasteiger partial charge is 0.265 e. The summed E-state index contributed by atoms with van der Waals surface area (Å²) in [5, 5.41) is 8.02. The fraction of sp³-hybridized carbons (Fsp3) is 0.571. The number of hydrogen-bond donors (Lipinski definition) is 1. The molecule has 0 aromatic carbocycles. The predicted molar refractivity (Wildman–Crippen MR) is 37.6 cm³/mol. The maximum atomic E-state index is 10.5. The zero-order chi connectivity index (χ0) is 7.98. The van der Waals surface area contributed by atoms with Crippen LogP contribution in [0, 0.1) is 0 Å². The van der Waals surface area contributed by atoms with Crippen molar-refractivity contribution in [2.45, 2.75) is 26.2 Å². The number of rotatable bonds is 4. The minimum absolute atomic E-state index is 0.379. The molecule has 3 heteroatoms. The molecule has 3 nitrogen and oxygen atoms in total. The van der Waals surface area contributed by atoms with Crippen LogP contribution in [0.4, 0.5) is 0 Å². The van der Waals surface area contributed by atoms with E-state index in [1.54, 1.807) is 0 Å². The SMILES string of the molecule is C=C(CCCC)C(=O)[N]O. The minimum atomic E-state index is -0.603. The summed E-state index contributed by atoms with van der Waals surface area (Å²) in [6.07, 6.45) is 2.55. The Bertz CT molecular complexity index is 132. The van der Waals surface area contributed by atoms with Gasteiger partial charge in [-0.1, -0.05) is 25.4 Å². The Labute approximate surface area is 60.7 Å². The number of amides is 1. The zero-order valence-electron chi connectivity index (χ0n) is 6.13. The van der Waals surface area contributed by atoms with Crippen LogP contribution < -0.4 is 5.48 Å². The van der Waals surface area contributed by atoms with E-state index in [0.29, 0.717) is 12.0 Å². The van der Waals surface area contributed by atoms with Gasteiger partial charge in [-0.05, 0) is 12.8 Å². The average molecular weight is 142 g/mol. The Morgan fingerprint density at radius 3 is 2.70 bits per heavy atom. The highest BCUT2D eigenvalue weighted by molar-refractivity contribution is 5.91. The second-order valence-corrected chi connectivity index (χ2v) is 2.11. The van der Waals surface area contributed by atoms with E-state index in [1.807, 2.05) is 6.92 Å². The van der Waals surface area contributed by atoms with E-state index in [0.717, 1.165) is 12.8 Å². The first kappa shape index (κ1) is 9.17. The van der Waals surface area contributed by atoms with Gasteiger partial charge in [0.15, 0.2) is 0 Å². The Balaban J connectivity index is 3.52. The monoisotopic (exact) mass is 142 g/mol. The lowest BCUT2D eigenvalue weighted by Crippen LogP contribution is -2.12. The van der Waals surface area contributed by atoms with Crippen molar-refractivity contribution in [1.29, 1.82) is 0 Å². The highest BCUT2D eigenvalue weighted by Crippen LogP contribution is 2.04. The lowest BCUT2D eigenvalue weighted by atomic mass is 10.1. The van der Waals surface area contributed by atoms with Gasteiger partial charge in [0.05, 0.1) is 0 Å². The quantitative estimate of drug-likeness (QED) is 0.365. The molecule has 0 spiro atoms. The molecule has 0 rings (SSSR count). The summed E-state index contributed by atoms with van der Waals surface area (Å²) in [5.41, 5.74) is 2.88. The molecule has 0 heterocycles. The third-order valence-electron chi connectivity index (χ3n) is 1.23. The van der Waals surface area contributed by atoms with Crippen LogP contribution in [0.25, 0.3) is 0 Å². The van der Waals surface area contributed by atoms with Crippen molar-refractivity contribution in [2.24, 2.45) is 0 Å². The number of nitrogens with zero attached hydrogens (tertiary/aromatic N) is 1. The van der Waals surface area contributed by atoms with Crippen molar-refractivity contribution in [1.82, 2.24) is 5.48 Å². The summed E-state index contributed by atoms with van der Waals surface area (Å²) in [4.78, 5) is 10.5. The van der Waals surface area contributed by atoms with Gasteiger partial charge in [0.25, 0.3) is 5.91 Å². The largest absolute Gasteiger partial charge is 0.295 e. The fourth-order valence-corrected chi connectivity index (χ4v) is 0.568. The third-order valence-corrected chi connectivity index (χ3v) is 1.23. The molecule has 1 N–H and O–H groups in total. The first-order valence-electron chi connectivity index (χ1n) is 3.29. The Morgan fingerprint density at radius 2 is 2.30 bits per heavy atom. The molecule has 0 fully saturated rings. The van der Waals surface area contributed by atoms with Gasteiger partial charge in [-0.15, -0.1) is 0 Å². The van der Waals surface area contributed by atoms with Crippen LogP contribution in [-0.2, 0) is 4.79 Å². The fourth-order valence-electron chi connectivity index (χ4n) is 0.568. The molecule has 1 radical (unpaired) electrons. The van der Waals surface area contributed by atoms with Crippen molar-refractivity contribution in [3.05, 3.63) is 12.2 Å².